The monoisotopic (exact) mass is 152 g/mol. The highest BCUT2D eigenvalue weighted by Crippen LogP contribution is 2.13. The molecule has 0 spiro atoms. The van der Waals surface area contributed by atoms with Crippen molar-refractivity contribution in [3.63, 3.8) is 0 Å². The molecule has 0 rings (SSSR count). The van der Waals surface area contributed by atoms with E-state index in [9.17, 15) is 0 Å². The molecule has 64 valence electrons. The number of unbranched alkanes of at least 4 members (excludes halogenated alkanes) is 1. The fourth-order valence-corrected chi connectivity index (χ4v) is 1.11. The maximum absolute atomic E-state index is 3.83. The molecule has 0 amide bonds. The average molecular weight is 152 g/mol. The van der Waals surface area contributed by atoms with E-state index >= 15 is 0 Å². The Morgan fingerprint density at radius 3 is 2.64 bits per heavy atom. The van der Waals surface area contributed by atoms with Crippen molar-refractivity contribution in [2.24, 2.45) is 5.92 Å². The molecule has 1 atom stereocenters. The van der Waals surface area contributed by atoms with Crippen LogP contribution in [0.1, 0.15) is 39.5 Å². The predicted octanol–water partition coefficient (Wildman–Crippen LogP) is 3.95. The van der Waals surface area contributed by atoms with Crippen LogP contribution in [-0.2, 0) is 0 Å². The van der Waals surface area contributed by atoms with Crippen molar-refractivity contribution in [2.75, 3.05) is 0 Å². The van der Waals surface area contributed by atoms with E-state index in [1.54, 1.807) is 0 Å². The lowest BCUT2D eigenvalue weighted by Gasteiger charge is -2.07. The van der Waals surface area contributed by atoms with E-state index < -0.39 is 0 Å². The molecule has 0 fully saturated rings. The van der Waals surface area contributed by atoms with Crippen molar-refractivity contribution in [2.45, 2.75) is 39.5 Å². The number of hydrogen-bond acceptors (Lipinski definition) is 0. The zero-order chi connectivity index (χ0) is 8.53. The Morgan fingerprint density at radius 1 is 1.45 bits per heavy atom. The summed E-state index contributed by atoms with van der Waals surface area (Å²) in [6.07, 6.45) is 11.5. The van der Waals surface area contributed by atoms with Crippen molar-refractivity contribution in [3.8, 4) is 0 Å². The third-order valence-electron chi connectivity index (χ3n) is 1.94. The fraction of sp³-hybridized carbons (Fsp3) is 0.636. The summed E-state index contributed by atoms with van der Waals surface area (Å²) in [5, 5.41) is 0. The van der Waals surface area contributed by atoms with Gasteiger partial charge in [0.25, 0.3) is 0 Å². The molecule has 0 aliphatic rings. The molecule has 0 aliphatic carbocycles. The minimum Gasteiger partial charge on any atom is -0.103 e. The third kappa shape index (κ3) is 5.90. The lowest BCUT2D eigenvalue weighted by Crippen LogP contribution is -1.93. The molecule has 0 nitrogen and oxygen atoms in total. The highest BCUT2D eigenvalue weighted by Gasteiger charge is 1.99. The predicted molar refractivity (Wildman–Crippen MR) is 52.6 cm³/mol. The van der Waals surface area contributed by atoms with Crippen molar-refractivity contribution in [1.29, 1.82) is 0 Å². The molecule has 0 aromatic heterocycles. The highest BCUT2D eigenvalue weighted by atomic mass is 14.0. The number of allylic oxidation sites excluding steroid dienone is 3. The molecule has 0 heterocycles. The smallest absolute Gasteiger partial charge is 0.0202 e. The van der Waals surface area contributed by atoms with Crippen molar-refractivity contribution in [1.82, 2.24) is 0 Å². The van der Waals surface area contributed by atoms with Crippen molar-refractivity contribution < 1.29 is 0 Å². The lowest BCUT2D eigenvalue weighted by molar-refractivity contribution is 0.562. The van der Waals surface area contributed by atoms with E-state index in [0.29, 0.717) is 5.92 Å². The lowest BCUT2D eigenvalue weighted by atomic mass is 9.99. The molecule has 0 N–H and O–H groups in total. The van der Waals surface area contributed by atoms with Crippen LogP contribution in [0.4, 0.5) is 0 Å². The van der Waals surface area contributed by atoms with Gasteiger partial charge in [-0.05, 0) is 25.7 Å². The van der Waals surface area contributed by atoms with E-state index in [-0.39, 0.29) is 0 Å². The first-order valence-corrected chi connectivity index (χ1v) is 4.58. The molecular weight excluding hydrogens is 132 g/mol. The van der Waals surface area contributed by atoms with E-state index in [1.807, 2.05) is 0 Å². The Labute approximate surface area is 71.0 Å². The first-order valence-electron chi connectivity index (χ1n) is 4.58. The summed E-state index contributed by atoms with van der Waals surface area (Å²) in [4.78, 5) is 0. The van der Waals surface area contributed by atoms with Crippen molar-refractivity contribution >= 4 is 0 Å². The zero-order valence-electron chi connectivity index (χ0n) is 7.84. The van der Waals surface area contributed by atoms with Gasteiger partial charge in [0.15, 0.2) is 0 Å². The second-order valence-corrected chi connectivity index (χ2v) is 2.94. The second-order valence-electron chi connectivity index (χ2n) is 2.94. The van der Waals surface area contributed by atoms with Crippen molar-refractivity contribution in [3.05, 3.63) is 24.8 Å². The maximum atomic E-state index is 3.83. The largest absolute Gasteiger partial charge is 0.103 e. The Balaban J connectivity index is 3.48. The van der Waals surface area contributed by atoms with Gasteiger partial charge in [0.1, 0.15) is 0 Å². The summed E-state index contributed by atoms with van der Waals surface area (Å²) in [5.41, 5.74) is 0. The van der Waals surface area contributed by atoms with Crippen LogP contribution in [0.15, 0.2) is 24.8 Å². The van der Waals surface area contributed by atoms with E-state index in [0.717, 1.165) is 0 Å². The standard InChI is InChI=1S/C11H20/c1-4-7-9-11(6-3)10-8-5-2/h4,6-7,11H,3,5,8-10H2,1-2H3. The minimum absolute atomic E-state index is 0.700. The van der Waals surface area contributed by atoms with Crippen LogP contribution >= 0.6 is 0 Å². The highest BCUT2D eigenvalue weighted by molar-refractivity contribution is 4.87. The molecule has 0 bridgehead atoms. The molecule has 0 heteroatoms. The van der Waals surface area contributed by atoms with Gasteiger partial charge in [-0.25, -0.2) is 0 Å². The molecule has 0 saturated heterocycles. The van der Waals surface area contributed by atoms with Crippen LogP contribution in [0.5, 0.6) is 0 Å². The van der Waals surface area contributed by atoms with E-state index in [2.05, 4.69) is 38.7 Å². The molecular formula is C11H20. The summed E-state index contributed by atoms with van der Waals surface area (Å²) in [6.45, 7) is 8.13. The number of rotatable bonds is 6. The topological polar surface area (TPSA) is 0 Å². The summed E-state index contributed by atoms with van der Waals surface area (Å²) in [7, 11) is 0. The average Bonchev–Trinajstić information content (AvgIpc) is 2.05. The van der Waals surface area contributed by atoms with Crippen LogP contribution in [0.2, 0.25) is 0 Å². The normalized spacial score (nSPS) is 13.6. The maximum Gasteiger partial charge on any atom is -0.0202 e. The van der Waals surface area contributed by atoms with Gasteiger partial charge in [0.05, 0.1) is 0 Å². The summed E-state index contributed by atoms with van der Waals surface area (Å²) < 4.78 is 0. The van der Waals surface area contributed by atoms with Crippen LogP contribution in [0.3, 0.4) is 0 Å². The molecule has 0 aromatic rings. The Hall–Kier alpha value is -0.520. The van der Waals surface area contributed by atoms with Crippen LogP contribution in [0, 0.1) is 5.92 Å². The van der Waals surface area contributed by atoms with Crippen LogP contribution in [-0.4, -0.2) is 0 Å². The van der Waals surface area contributed by atoms with Gasteiger partial charge in [-0.2, -0.15) is 0 Å². The van der Waals surface area contributed by atoms with Gasteiger partial charge < -0.3 is 0 Å². The fourth-order valence-electron chi connectivity index (χ4n) is 1.11. The van der Waals surface area contributed by atoms with Gasteiger partial charge in [-0.15, -0.1) is 6.58 Å². The first kappa shape index (κ1) is 10.5. The van der Waals surface area contributed by atoms with Gasteiger partial charge in [-0.1, -0.05) is 38.0 Å². The molecule has 11 heavy (non-hydrogen) atoms. The molecule has 0 aromatic carbocycles. The van der Waals surface area contributed by atoms with E-state index in [1.165, 1.54) is 25.7 Å². The van der Waals surface area contributed by atoms with E-state index in [4.69, 9.17) is 0 Å². The molecule has 0 saturated carbocycles. The summed E-state index contributed by atoms with van der Waals surface area (Å²) in [6, 6.07) is 0. The van der Waals surface area contributed by atoms with Gasteiger partial charge in [0, 0.05) is 0 Å². The molecule has 0 radical (unpaired) electrons. The third-order valence-corrected chi connectivity index (χ3v) is 1.94. The second kappa shape index (κ2) is 7.59. The Bertz CT molecular complexity index is 111. The Kier molecular flexibility index (Phi) is 7.23. The zero-order valence-corrected chi connectivity index (χ0v) is 7.84. The first-order chi connectivity index (χ1) is 5.35. The quantitative estimate of drug-likeness (QED) is 0.506. The minimum atomic E-state index is 0.700. The Morgan fingerprint density at radius 2 is 2.18 bits per heavy atom. The number of hydrogen-bond donors (Lipinski definition) is 0. The van der Waals surface area contributed by atoms with Crippen LogP contribution in [0.25, 0.3) is 0 Å². The van der Waals surface area contributed by atoms with Gasteiger partial charge in [0.2, 0.25) is 0 Å². The van der Waals surface area contributed by atoms with Gasteiger partial charge >= 0.3 is 0 Å². The SMILES string of the molecule is C=CC(CC=CC)CCCC. The van der Waals surface area contributed by atoms with Gasteiger partial charge in [-0.3, -0.25) is 0 Å². The summed E-state index contributed by atoms with van der Waals surface area (Å²) in [5.74, 6) is 0.700. The molecule has 1 unspecified atom stereocenters. The van der Waals surface area contributed by atoms with Crippen LogP contribution < -0.4 is 0 Å². The molecule has 0 aliphatic heterocycles. The summed E-state index contributed by atoms with van der Waals surface area (Å²) >= 11 is 0.